The highest BCUT2D eigenvalue weighted by Gasteiger charge is 2.17. The van der Waals surface area contributed by atoms with E-state index in [9.17, 15) is 0 Å². The second-order valence-corrected chi connectivity index (χ2v) is 5.29. The van der Waals surface area contributed by atoms with E-state index in [-0.39, 0.29) is 0 Å². The van der Waals surface area contributed by atoms with Gasteiger partial charge in [-0.3, -0.25) is 5.10 Å². The van der Waals surface area contributed by atoms with Gasteiger partial charge in [0.05, 0.1) is 5.69 Å². The third-order valence-corrected chi connectivity index (χ3v) is 3.96. The Balaban J connectivity index is 1.66. The zero-order chi connectivity index (χ0) is 13.4. The summed E-state index contributed by atoms with van der Waals surface area (Å²) >= 11 is 0. The third-order valence-electron chi connectivity index (χ3n) is 3.96. The number of nitrogens with zero attached hydrogens (tertiary/aromatic N) is 2. The fourth-order valence-electron chi connectivity index (χ4n) is 2.83. The molecule has 0 aliphatic carbocycles. The first-order valence-electron chi connectivity index (χ1n) is 7.00. The van der Waals surface area contributed by atoms with Crippen LogP contribution in [0, 0.1) is 0 Å². The first kappa shape index (κ1) is 11.7. The summed E-state index contributed by atoms with van der Waals surface area (Å²) in [4.78, 5) is 4.13. The van der Waals surface area contributed by atoms with Gasteiger partial charge < -0.3 is 9.73 Å². The highest BCUT2D eigenvalue weighted by molar-refractivity contribution is 5.78. The highest BCUT2D eigenvalue weighted by atomic mass is 16.3. The van der Waals surface area contributed by atoms with Gasteiger partial charge in [0, 0.05) is 23.7 Å². The maximum Gasteiger partial charge on any atom is 0.181 e. The van der Waals surface area contributed by atoms with Crippen molar-refractivity contribution >= 4 is 11.1 Å². The van der Waals surface area contributed by atoms with Crippen molar-refractivity contribution in [3.05, 3.63) is 36.4 Å². The van der Waals surface area contributed by atoms with Crippen LogP contribution in [0.5, 0.6) is 0 Å². The number of hydrogen-bond acceptors (Lipinski definition) is 4. The largest absolute Gasteiger partial charge is 0.443 e. The number of oxazole rings is 1. The van der Waals surface area contributed by atoms with Crippen LogP contribution in [-0.4, -0.2) is 28.3 Å². The first-order chi connectivity index (χ1) is 9.90. The van der Waals surface area contributed by atoms with E-state index in [4.69, 9.17) is 4.42 Å². The molecule has 4 rings (SSSR count). The summed E-state index contributed by atoms with van der Waals surface area (Å²) in [5, 5.41) is 11.0. The van der Waals surface area contributed by atoms with Gasteiger partial charge in [-0.25, -0.2) is 4.98 Å². The summed E-state index contributed by atoms with van der Waals surface area (Å²) in [6.07, 6.45) is 3.91. The minimum absolute atomic E-state index is 0.541. The van der Waals surface area contributed by atoms with Gasteiger partial charge in [0.2, 0.25) is 0 Å². The molecule has 1 aromatic carbocycles. The maximum atomic E-state index is 5.34. The Hall–Kier alpha value is -2.14. The number of aromatic amines is 1. The lowest BCUT2D eigenvalue weighted by Crippen LogP contribution is -2.28. The Morgan fingerprint density at radius 2 is 2.25 bits per heavy atom. The highest BCUT2D eigenvalue weighted by Crippen LogP contribution is 2.27. The molecule has 0 saturated carbocycles. The zero-order valence-electron chi connectivity index (χ0n) is 11.1. The molecule has 0 spiro atoms. The molecule has 2 N–H and O–H groups in total. The summed E-state index contributed by atoms with van der Waals surface area (Å²) in [5.74, 6) is 0.541. The van der Waals surface area contributed by atoms with E-state index in [1.54, 1.807) is 0 Å². The number of benzene rings is 1. The molecule has 1 unspecified atom stereocenters. The summed E-state index contributed by atoms with van der Waals surface area (Å²) in [6.45, 7) is 2.16. The number of aromatic nitrogens is 3. The van der Waals surface area contributed by atoms with Crippen LogP contribution in [0.4, 0.5) is 0 Å². The SMILES string of the molecule is c1nc2ccc(-c3cc(C4CCCNC4)[nH]n3)cc2o1. The summed E-state index contributed by atoms with van der Waals surface area (Å²) < 4.78 is 5.34. The lowest BCUT2D eigenvalue weighted by Gasteiger charge is -2.21. The van der Waals surface area contributed by atoms with Gasteiger partial charge in [0.1, 0.15) is 5.52 Å². The smallest absolute Gasteiger partial charge is 0.181 e. The van der Waals surface area contributed by atoms with E-state index in [1.165, 1.54) is 24.9 Å². The average Bonchev–Trinajstić information content (AvgIpc) is 3.16. The Kier molecular flexibility index (Phi) is 2.77. The quantitative estimate of drug-likeness (QED) is 0.750. The molecule has 3 aromatic rings. The van der Waals surface area contributed by atoms with Crippen LogP contribution in [-0.2, 0) is 0 Å². The van der Waals surface area contributed by atoms with E-state index < -0.39 is 0 Å². The molecule has 0 amide bonds. The molecule has 1 saturated heterocycles. The van der Waals surface area contributed by atoms with Gasteiger partial charge in [-0.05, 0) is 37.6 Å². The van der Waals surface area contributed by atoms with Crippen LogP contribution in [0.15, 0.2) is 35.1 Å². The molecule has 1 atom stereocenters. The van der Waals surface area contributed by atoms with Gasteiger partial charge in [0.25, 0.3) is 0 Å². The fourth-order valence-corrected chi connectivity index (χ4v) is 2.83. The molecule has 5 nitrogen and oxygen atoms in total. The lowest BCUT2D eigenvalue weighted by atomic mass is 9.96. The molecular formula is C15H16N4O. The molecule has 0 radical (unpaired) electrons. The van der Waals surface area contributed by atoms with Crippen molar-refractivity contribution in [3.8, 4) is 11.3 Å². The van der Waals surface area contributed by atoms with E-state index in [0.717, 1.165) is 35.4 Å². The molecule has 20 heavy (non-hydrogen) atoms. The summed E-state index contributed by atoms with van der Waals surface area (Å²) in [7, 11) is 0. The summed E-state index contributed by atoms with van der Waals surface area (Å²) in [5.41, 5.74) is 4.90. The monoisotopic (exact) mass is 268 g/mol. The number of rotatable bonds is 2. The Morgan fingerprint density at radius 3 is 3.15 bits per heavy atom. The van der Waals surface area contributed by atoms with Crippen molar-refractivity contribution in [2.45, 2.75) is 18.8 Å². The number of piperidine rings is 1. The van der Waals surface area contributed by atoms with E-state index in [0.29, 0.717) is 5.92 Å². The minimum atomic E-state index is 0.541. The van der Waals surface area contributed by atoms with Gasteiger partial charge >= 0.3 is 0 Å². The molecule has 1 aliphatic rings. The van der Waals surface area contributed by atoms with Gasteiger partial charge in [-0.2, -0.15) is 5.10 Å². The average molecular weight is 268 g/mol. The van der Waals surface area contributed by atoms with Gasteiger partial charge in [-0.1, -0.05) is 6.07 Å². The third kappa shape index (κ3) is 2.00. The fraction of sp³-hybridized carbons (Fsp3) is 0.333. The van der Waals surface area contributed by atoms with Crippen molar-refractivity contribution in [3.63, 3.8) is 0 Å². The van der Waals surface area contributed by atoms with E-state index >= 15 is 0 Å². The molecule has 3 heterocycles. The van der Waals surface area contributed by atoms with E-state index in [1.807, 2.05) is 18.2 Å². The predicted octanol–water partition coefficient (Wildman–Crippen LogP) is 2.68. The van der Waals surface area contributed by atoms with Crippen molar-refractivity contribution in [2.75, 3.05) is 13.1 Å². The van der Waals surface area contributed by atoms with Crippen LogP contribution in [0.2, 0.25) is 0 Å². The Labute approximate surface area is 116 Å². The van der Waals surface area contributed by atoms with Gasteiger partial charge in [0.15, 0.2) is 12.0 Å². The minimum Gasteiger partial charge on any atom is -0.443 e. The Morgan fingerprint density at radius 1 is 1.25 bits per heavy atom. The first-order valence-corrected chi connectivity index (χ1v) is 7.00. The van der Waals surface area contributed by atoms with Crippen LogP contribution in [0.25, 0.3) is 22.4 Å². The lowest BCUT2D eigenvalue weighted by molar-refractivity contribution is 0.454. The normalized spacial score (nSPS) is 19.5. The maximum absolute atomic E-state index is 5.34. The van der Waals surface area contributed by atoms with Crippen molar-refractivity contribution in [1.29, 1.82) is 0 Å². The molecule has 2 aromatic heterocycles. The van der Waals surface area contributed by atoms with Crippen LogP contribution in [0.3, 0.4) is 0 Å². The molecule has 5 heteroatoms. The second kappa shape index (κ2) is 4.76. The number of fused-ring (bicyclic) bond motifs is 1. The van der Waals surface area contributed by atoms with Crippen LogP contribution >= 0.6 is 0 Å². The number of H-pyrrole nitrogens is 1. The van der Waals surface area contributed by atoms with Crippen molar-refractivity contribution in [1.82, 2.24) is 20.5 Å². The van der Waals surface area contributed by atoms with Crippen LogP contribution in [0.1, 0.15) is 24.5 Å². The zero-order valence-corrected chi connectivity index (χ0v) is 11.1. The summed E-state index contributed by atoms with van der Waals surface area (Å²) in [6, 6.07) is 8.13. The Bertz CT molecular complexity index is 724. The molecular weight excluding hydrogens is 252 g/mol. The molecule has 102 valence electrons. The topological polar surface area (TPSA) is 66.7 Å². The van der Waals surface area contributed by atoms with Crippen molar-refractivity contribution in [2.24, 2.45) is 0 Å². The van der Waals surface area contributed by atoms with Crippen molar-refractivity contribution < 1.29 is 4.42 Å². The number of nitrogens with one attached hydrogen (secondary N) is 2. The number of hydrogen-bond donors (Lipinski definition) is 2. The molecule has 0 bridgehead atoms. The van der Waals surface area contributed by atoms with E-state index in [2.05, 4.69) is 26.6 Å². The second-order valence-electron chi connectivity index (χ2n) is 5.29. The molecule has 1 aliphatic heterocycles. The predicted molar refractivity (Wildman–Crippen MR) is 76.4 cm³/mol. The molecule has 1 fully saturated rings. The standard InChI is InChI=1S/C15H16N4O/c1-2-11(8-16-5-1)14-7-13(18-19-14)10-3-4-12-15(6-10)20-9-17-12/h3-4,6-7,9,11,16H,1-2,5,8H2,(H,18,19). The van der Waals surface area contributed by atoms with Gasteiger partial charge in [-0.15, -0.1) is 0 Å². The van der Waals surface area contributed by atoms with Crippen LogP contribution < -0.4 is 5.32 Å².